The Labute approximate surface area is 152 Å². The van der Waals surface area contributed by atoms with Crippen molar-refractivity contribution in [2.45, 2.75) is 40.2 Å². The molecule has 0 aliphatic carbocycles. The van der Waals surface area contributed by atoms with Crippen LogP contribution < -0.4 is 24.8 Å². The monoisotopic (exact) mass is 351 g/mol. The van der Waals surface area contributed by atoms with E-state index in [4.69, 9.17) is 14.2 Å². The molecule has 0 saturated heterocycles. The van der Waals surface area contributed by atoms with E-state index in [1.54, 1.807) is 28.4 Å². The van der Waals surface area contributed by atoms with Crippen molar-refractivity contribution in [3.05, 3.63) is 17.7 Å². The first-order valence-corrected chi connectivity index (χ1v) is 8.58. The highest BCUT2D eigenvalue weighted by Crippen LogP contribution is 2.38. The quantitative estimate of drug-likeness (QED) is 0.428. The summed E-state index contributed by atoms with van der Waals surface area (Å²) in [6, 6.07) is 3.86. The summed E-state index contributed by atoms with van der Waals surface area (Å²) in [4.78, 5) is 4.26. The Hall–Kier alpha value is -2.11. The second-order valence-corrected chi connectivity index (χ2v) is 7.05. The minimum absolute atomic E-state index is 0.356. The largest absolute Gasteiger partial charge is 0.493 e. The summed E-state index contributed by atoms with van der Waals surface area (Å²) in [6.45, 7) is 8.27. The van der Waals surface area contributed by atoms with Gasteiger partial charge >= 0.3 is 0 Å². The van der Waals surface area contributed by atoms with Gasteiger partial charge in [0.25, 0.3) is 0 Å². The van der Waals surface area contributed by atoms with Gasteiger partial charge in [-0.3, -0.25) is 4.99 Å². The third-order valence-electron chi connectivity index (χ3n) is 3.80. The average molecular weight is 351 g/mol. The van der Waals surface area contributed by atoms with Crippen molar-refractivity contribution >= 4 is 5.96 Å². The van der Waals surface area contributed by atoms with Crippen LogP contribution in [0.1, 0.15) is 39.2 Å². The summed E-state index contributed by atoms with van der Waals surface area (Å²) in [5.41, 5.74) is 1.38. The Bertz CT molecular complexity index is 541. The summed E-state index contributed by atoms with van der Waals surface area (Å²) >= 11 is 0. The number of nitrogens with zero attached hydrogens (tertiary/aromatic N) is 1. The van der Waals surface area contributed by atoms with E-state index in [2.05, 4.69) is 36.4 Å². The zero-order chi connectivity index (χ0) is 18.9. The van der Waals surface area contributed by atoms with Gasteiger partial charge in [0, 0.05) is 20.1 Å². The van der Waals surface area contributed by atoms with E-state index in [1.165, 1.54) is 6.42 Å². The van der Waals surface area contributed by atoms with Gasteiger partial charge in [0.1, 0.15) is 0 Å². The van der Waals surface area contributed by atoms with E-state index in [0.29, 0.717) is 29.2 Å². The van der Waals surface area contributed by atoms with Crippen LogP contribution in [0, 0.1) is 5.41 Å². The van der Waals surface area contributed by atoms with Gasteiger partial charge in [-0.25, -0.2) is 0 Å². The lowest BCUT2D eigenvalue weighted by molar-refractivity contribution is 0.323. The fraction of sp³-hybridized carbons (Fsp3) is 0.632. The first kappa shape index (κ1) is 20.9. The molecule has 0 fully saturated rings. The molecule has 0 aliphatic heterocycles. The molecule has 6 heteroatoms. The van der Waals surface area contributed by atoms with E-state index >= 15 is 0 Å². The Morgan fingerprint density at radius 1 is 1.00 bits per heavy atom. The van der Waals surface area contributed by atoms with Gasteiger partial charge in [0.05, 0.1) is 21.3 Å². The van der Waals surface area contributed by atoms with Crippen molar-refractivity contribution in [1.29, 1.82) is 0 Å². The number of nitrogens with one attached hydrogen (secondary N) is 2. The molecule has 1 aromatic rings. The minimum atomic E-state index is 0.356. The second kappa shape index (κ2) is 10.0. The normalized spacial score (nSPS) is 11.9. The molecule has 0 aromatic heterocycles. The van der Waals surface area contributed by atoms with Crippen LogP contribution in [0.25, 0.3) is 0 Å². The summed E-state index contributed by atoms with van der Waals surface area (Å²) < 4.78 is 16.1. The van der Waals surface area contributed by atoms with Crippen LogP contribution in [-0.2, 0) is 6.54 Å². The number of ether oxygens (including phenoxy) is 3. The number of hydrogen-bond donors (Lipinski definition) is 2. The van der Waals surface area contributed by atoms with E-state index in [9.17, 15) is 0 Å². The third-order valence-corrected chi connectivity index (χ3v) is 3.80. The molecule has 0 spiro atoms. The highest BCUT2D eigenvalue weighted by Gasteiger charge is 2.13. The zero-order valence-electron chi connectivity index (χ0n) is 16.7. The lowest BCUT2D eigenvalue weighted by atomic mass is 9.91. The van der Waals surface area contributed by atoms with Crippen molar-refractivity contribution in [1.82, 2.24) is 10.6 Å². The first-order chi connectivity index (χ1) is 11.8. The summed E-state index contributed by atoms with van der Waals surface area (Å²) in [7, 11) is 6.60. The molecule has 0 atom stereocenters. The molecule has 142 valence electrons. The van der Waals surface area contributed by atoms with Crippen molar-refractivity contribution < 1.29 is 14.2 Å². The van der Waals surface area contributed by atoms with E-state index < -0.39 is 0 Å². The number of rotatable bonds is 8. The van der Waals surface area contributed by atoms with Crippen LogP contribution in [-0.4, -0.2) is 40.9 Å². The van der Waals surface area contributed by atoms with E-state index in [0.717, 1.165) is 24.5 Å². The van der Waals surface area contributed by atoms with Crippen LogP contribution in [0.4, 0.5) is 0 Å². The van der Waals surface area contributed by atoms with Crippen LogP contribution >= 0.6 is 0 Å². The fourth-order valence-corrected chi connectivity index (χ4v) is 2.47. The predicted molar refractivity (Wildman–Crippen MR) is 103 cm³/mol. The van der Waals surface area contributed by atoms with E-state index in [1.807, 2.05) is 12.1 Å². The molecular weight excluding hydrogens is 318 g/mol. The van der Waals surface area contributed by atoms with Crippen LogP contribution in [0.5, 0.6) is 17.2 Å². The van der Waals surface area contributed by atoms with Crippen molar-refractivity contribution in [2.24, 2.45) is 10.4 Å². The molecular formula is C19H33N3O3. The molecule has 1 rings (SSSR count). The van der Waals surface area contributed by atoms with Gasteiger partial charge in [-0.1, -0.05) is 20.8 Å². The maximum absolute atomic E-state index is 5.39. The summed E-state index contributed by atoms with van der Waals surface area (Å²) in [5.74, 6) is 2.67. The Balaban J connectivity index is 2.63. The van der Waals surface area contributed by atoms with Gasteiger partial charge < -0.3 is 24.8 Å². The number of hydrogen-bond acceptors (Lipinski definition) is 4. The minimum Gasteiger partial charge on any atom is -0.493 e. The smallest absolute Gasteiger partial charge is 0.203 e. The molecule has 0 bridgehead atoms. The van der Waals surface area contributed by atoms with Crippen LogP contribution in [0.15, 0.2) is 17.1 Å². The van der Waals surface area contributed by atoms with Crippen LogP contribution in [0.3, 0.4) is 0 Å². The topological polar surface area (TPSA) is 64.1 Å². The molecule has 6 nitrogen and oxygen atoms in total. The molecule has 25 heavy (non-hydrogen) atoms. The van der Waals surface area contributed by atoms with Gasteiger partial charge in [0.15, 0.2) is 17.5 Å². The Kier molecular flexibility index (Phi) is 8.38. The van der Waals surface area contributed by atoms with Gasteiger partial charge in [0.2, 0.25) is 5.75 Å². The fourth-order valence-electron chi connectivity index (χ4n) is 2.47. The van der Waals surface area contributed by atoms with Gasteiger partial charge in [-0.05, 0) is 36.0 Å². The first-order valence-electron chi connectivity index (χ1n) is 8.58. The molecule has 0 heterocycles. The molecule has 0 unspecified atom stereocenters. The lowest BCUT2D eigenvalue weighted by Gasteiger charge is -2.19. The lowest BCUT2D eigenvalue weighted by Crippen LogP contribution is -2.37. The molecule has 2 N–H and O–H groups in total. The molecule has 0 aliphatic rings. The van der Waals surface area contributed by atoms with Crippen LogP contribution in [0.2, 0.25) is 0 Å². The van der Waals surface area contributed by atoms with Crippen molar-refractivity contribution in [2.75, 3.05) is 34.9 Å². The Morgan fingerprint density at radius 3 is 2.04 bits per heavy atom. The number of methoxy groups -OCH3 is 3. The summed E-state index contributed by atoms with van der Waals surface area (Å²) in [5, 5.41) is 6.65. The SMILES string of the molecule is CN=C(NCCCC(C)(C)C)NCc1cc(OC)c(OC)c(OC)c1. The van der Waals surface area contributed by atoms with Gasteiger partial charge in [-0.15, -0.1) is 0 Å². The molecule has 0 amide bonds. The highest BCUT2D eigenvalue weighted by molar-refractivity contribution is 5.79. The van der Waals surface area contributed by atoms with E-state index in [-0.39, 0.29) is 0 Å². The zero-order valence-corrected chi connectivity index (χ0v) is 16.7. The maximum Gasteiger partial charge on any atom is 0.203 e. The Morgan fingerprint density at radius 2 is 1.60 bits per heavy atom. The van der Waals surface area contributed by atoms with Gasteiger partial charge in [-0.2, -0.15) is 0 Å². The average Bonchev–Trinajstić information content (AvgIpc) is 2.59. The number of aliphatic imine (C=N–C) groups is 1. The predicted octanol–water partition coefficient (Wildman–Crippen LogP) is 3.20. The molecule has 0 saturated carbocycles. The standard InChI is InChI=1S/C19H33N3O3/c1-19(2,3)9-8-10-21-18(20-4)22-13-14-11-15(23-5)17(25-7)16(12-14)24-6/h11-12H,8-10,13H2,1-7H3,(H2,20,21,22). The molecule has 1 aromatic carbocycles. The summed E-state index contributed by atoms with van der Waals surface area (Å²) in [6.07, 6.45) is 2.28. The maximum atomic E-state index is 5.39. The van der Waals surface area contributed by atoms with Crippen molar-refractivity contribution in [3.8, 4) is 17.2 Å². The highest BCUT2D eigenvalue weighted by atomic mass is 16.5. The number of benzene rings is 1. The molecule has 0 radical (unpaired) electrons. The second-order valence-electron chi connectivity index (χ2n) is 7.05. The van der Waals surface area contributed by atoms with Crippen molar-refractivity contribution in [3.63, 3.8) is 0 Å². The number of guanidine groups is 1. The third kappa shape index (κ3) is 7.11.